The molecule has 3 fully saturated rings. The molecule has 2 aromatic rings. The van der Waals surface area contributed by atoms with Gasteiger partial charge in [-0.3, -0.25) is 28.9 Å². The molecule has 8 atom stereocenters. The maximum absolute atomic E-state index is 17.7. The van der Waals surface area contributed by atoms with Gasteiger partial charge in [-0.1, -0.05) is 50.9 Å². The number of carbonyl (C=O) groups excluding carboxylic acids is 3. The highest BCUT2D eigenvalue weighted by molar-refractivity contribution is 7.91. The van der Waals surface area contributed by atoms with Crippen LogP contribution in [0.5, 0.6) is 11.6 Å². The zero-order valence-corrected chi connectivity index (χ0v) is 36.0. The van der Waals surface area contributed by atoms with Crippen molar-refractivity contribution in [3.05, 3.63) is 41.6 Å². The average molecular weight is 866 g/mol. The summed E-state index contributed by atoms with van der Waals surface area (Å²) in [5.41, 5.74) is -4.51. The highest BCUT2D eigenvalue weighted by atomic mass is 35.5. The first-order chi connectivity index (χ1) is 27.6. The summed E-state index contributed by atoms with van der Waals surface area (Å²) in [6.07, 6.45) is 5.13. The molecule has 1 aromatic heterocycles. The lowest BCUT2D eigenvalue weighted by atomic mass is 9.83. The van der Waals surface area contributed by atoms with Gasteiger partial charge in [-0.25, -0.2) is 18.2 Å². The van der Waals surface area contributed by atoms with Gasteiger partial charge >= 0.3 is 12.1 Å². The molecule has 4 aliphatic rings. The molecule has 1 aromatic carbocycles. The monoisotopic (exact) mass is 865 g/mol. The first-order valence-electron chi connectivity index (χ1n) is 20.2. The number of rotatable bonds is 10. The second kappa shape index (κ2) is 16.0. The molecule has 4 amide bonds. The van der Waals surface area contributed by atoms with E-state index in [0.717, 1.165) is 11.8 Å². The normalized spacial score (nSPS) is 31.4. The predicted octanol–water partition coefficient (Wildman–Crippen LogP) is 6.65. The second-order valence-electron chi connectivity index (χ2n) is 17.2. The van der Waals surface area contributed by atoms with Crippen LogP contribution in [0.15, 0.2) is 36.5 Å². The number of pyridine rings is 1. The number of allylic oxidation sites excluding steroid dienone is 1. The molecule has 0 spiro atoms. The Morgan fingerprint density at radius 3 is 2.49 bits per heavy atom. The number of alkyl halides is 2. The van der Waals surface area contributed by atoms with E-state index in [-0.39, 0.29) is 46.4 Å². The number of ether oxygens (including phenoxy) is 2. The van der Waals surface area contributed by atoms with Crippen molar-refractivity contribution in [1.82, 2.24) is 24.8 Å². The molecule has 59 heavy (non-hydrogen) atoms. The third kappa shape index (κ3) is 7.93. The van der Waals surface area contributed by atoms with Gasteiger partial charge in [-0.15, -0.1) is 0 Å². The molecular weight excluding hydrogens is 812 g/mol. The van der Waals surface area contributed by atoms with Crippen molar-refractivity contribution in [2.24, 2.45) is 17.8 Å². The van der Waals surface area contributed by atoms with Crippen LogP contribution in [0, 0.1) is 17.8 Å². The number of amides is 4. The van der Waals surface area contributed by atoms with Crippen LogP contribution in [0.2, 0.25) is 5.02 Å². The third-order valence-corrected chi connectivity index (χ3v) is 15.5. The summed E-state index contributed by atoms with van der Waals surface area (Å²) in [6.45, 7) is 9.55. The molecular formula is C41H54ClF2N5O9S. The summed E-state index contributed by atoms with van der Waals surface area (Å²) < 4.78 is 74.4. The Morgan fingerprint density at radius 2 is 1.88 bits per heavy atom. The lowest BCUT2D eigenvalue weighted by Crippen LogP contribution is -2.65. The van der Waals surface area contributed by atoms with E-state index in [1.54, 1.807) is 39.0 Å². The van der Waals surface area contributed by atoms with Crippen LogP contribution >= 0.6 is 11.6 Å². The number of halogens is 3. The van der Waals surface area contributed by atoms with Crippen LogP contribution in [0.25, 0.3) is 10.8 Å². The number of sulfonamides is 1. The fourth-order valence-corrected chi connectivity index (χ4v) is 10.1. The second-order valence-corrected chi connectivity index (χ2v) is 19.8. The Bertz CT molecular complexity index is 2160. The van der Waals surface area contributed by atoms with Crippen molar-refractivity contribution in [2.75, 3.05) is 7.11 Å². The van der Waals surface area contributed by atoms with Crippen molar-refractivity contribution >= 4 is 56.2 Å². The van der Waals surface area contributed by atoms with Crippen LogP contribution in [-0.4, -0.2) is 99.3 Å². The van der Waals surface area contributed by atoms with E-state index >= 15 is 13.6 Å². The summed E-state index contributed by atoms with van der Waals surface area (Å²) >= 11 is 6.43. The number of carboxylic acid groups (broad SMARTS) is 1. The highest BCUT2D eigenvalue weighted by Crippen LogP contribution is 2.52. The van der Waals surface area contributed by atoms with E-state index in [1.165, 1.54) is 26.3 Å². The minimum absolute atomic E-state index is 0.0286. The Balaban J connectivity index is 1.50. The SMILES string of the molecule is CCC(C)N(C(=O)O)[C@@H]1C(=O)N2[C@@H](C[C@@](C)(Oc3nccc4cc(OC)c(Cl)cc34)C2(F)F)C(=O)N[C@]2(C(=O)NS(=O)(=O)C3(C)CC3)C[C@H]2/C=C\CC[C@H](C)C[C@H]1CC. The lowest BCUT2D eigenvalue weighted by Gasteiger charge is -2.43. The minimum Gasteiger partial charge on any atom is -0.495 e. The minimum atomic E-state index is -4.30. The van der Waals surface area contributed by atoms with Gasteiger partial charge in [0.15, 0.2) is 5.60 Å². The summed E-state index contributed by atoms with van der Waals surface area (Å²) in [5.74, 6) is -4.97. The number of aromatic nitrogens is 1. The van der Waals surface area contributed by atoms with Crippen LogP contribution in [-0.2, 0) is 24.4 Å². The van der Waals surface area contributed by atoms with E-state index < -0.39 is 92.2 Å². The van der Waals surface area contributed by atoms with Crippen LogP contribution in [0.4, 0.5) is 13.6 Å². The molecule has 1 saturated heterocycles. The van der Waals surface area contributed by atoms with E-state index in [9.17, 15) is 27.9 Å². The van der Waals surface area contributed by atoms with Crippen LogP contribution in [0.3, 0.4) is 0 Å². The molecule has 1 unspecified atom stereocenters. The van der Waals surface area contributed by atoms with Crippen molar-refractivity contribution in [3.8, 4) is 11.6 Å². The molecule has 6 rings (SSSR count). The zero-order chi connectivity index (χ0) is 43.5. The van der Waals surface area contributed by atoms with Gasteiger partial charge < -0.3 is 19.9 Å². The molecule has 18 heteroatoms. The van der Waals surface area contributed by atoms with Gasteiger partial charge in [0.25, 0.3) is 11.8 Å². The Labute approximate surface area is 348 Å². The van der Waals surface area contributed by atoms with Gasteiger partial charge in [0.05, 0.1) is 16.9 Å². The molecule has 324 valence electrons. The average Bonchev–Trinajstić information content (AvgIpc) is 4.08. The predicted molar refractivity (Wildman–Crippen MR) is 216 cm³/mol. The third-order valence-electron chi connectivity index (χ3n) is 13.0. The van der Waals surface area contributed by atoms with E-state index in [1.807, 2.05) is 13.0 Å². The summed E-state index contributed by atoms with van der Waals surface area (Å²) in [4.78, 5) is 62.3. The number of benzene rings is 1. The van der Waals surface area contributed by atoms with Crippen molar-refractivity contribution in [3.63, 3.8) is 0 Å². The topological polar surface area (TPSA) is 185 Å². The van der Waals surface area contributed by atoms with E-state index in [0.29, 0.717) is 43.2 Å². The van der Waals surface area contributed by atoms with Gasteiger partial charge in [0.1, 0.15) is 23.4 Å². The zero-order valence-electron chi connectivity index (χ0n) is 34.4. The number of fused-ring (bicyclic) bond motifs is 3. The summed E-state index contributed by atoms with van der Waals surface area (Å²) in [6, 6.07) is -4.14. The Morgan fingerprint density at radius 1 is 1.19 bits per heavy atom. The van der Waals surface area contributed by atoms with Crippen molar-refractivity contribution in [2.45, 2.75) is 139 Å². The molecule has 2 saturated carbocycles. The maximum Gasteiger partial charge on any atom is 0.408 e. The molecule has 14 nitrogen and oxygen atoms in total. The molecule has 2 aliphatic heterocycles. The quantitative estimate of drug-likeness (QED) is 0.173. The van der Waals surface area contributed by atoms with E-state index in [2.05, 4.69) is 15.0 Å². The number of hydrogen-bond acceptors (Lipinski definition) is 9. The van der Waals surface area contributed by atoms with Crippen molar-refractivity contribution in [1.29, 1.82) is 0 Å². The standard InChI is InChI=1S/C41H54ClF2N5O9S/c1-8-24(4)48(37(53)54)32-25(9-2)18-23(3)12-10-11-13-27-21-40(27,36(52)47-59(55,56)38(5)15-16-38)46-33(50)30-22-39(6,41(43,44)49(30)35(32)51)58-34-28-20-29(42)31(57-7)19-26(28)14-17-45-34/h11,13-14,17,19-20,23-25,27,30,32H,8-10,12,15-16,18,21-22H2,1-7H3,(H,46,50)(H,47,52)(H,53,54)/b13-11-/t23-,24?,25+,27+,30-,32-,39+,40+/m0/s1. The van der Waals surface area contributed by atoms with Crippen LogP contribution in [0.1, 0.15) is 99.3 Å². The Kier molecular flexibility index (Phi) is 12.0. The summed E-state index contributed by atoms with van der Waals surface area (Å²) in [7, 11) is -2.76. The highest BCUT2D eigenvalue weighted by Gasteiger charge is 2.71. The fourth-order valence-electron chi connectivity index (χ4n) is 8.57. The van der Waals surface area contributed by atoms with Gasteiger partial charge in [-0.05, 0) is 101 Å². The number of methoxy groups -OCH3 is 1. The maximum atomic E-state index is 17.7. The van der Waals surface area contributed by atoms with Crippen molar-refractivity contribution < 1.29 is 51.0 Å². The lowest BCUT2D eigenvalue weighted by molar-refractivity contribution is -0.219. The van der Waals surface area contributed by atoms with Crippen LogP contribution < -0.4 is 19.5 Å². The first kappa shape index (κ1) is 44.3. The number of nitrogens with one attached hydrogen (secondary N) is 2. The molecule has 0 bridgehead atoms. The Hall–Kier alpha value is -4.25. The summed E-state index contributed by atoms with van der Waals surface area (Å²) in [5, 5.41) is 14.1. The number of carbonyl (C=O) groups is 4. The first-order valence-corrected chi connectivity index (χ1v) is 22.0. The van der Waals surface area contributed by atoms with Gasteiger partial charge in [-0.2, -0.15) is 8.78 Å². The molecule has 2 aliphatic carbocycles. The van der Waals surface area contributed by atoms with E-state index in [4.69, 9.17) is 21.1 Å². The molecule has 3 heterocycles. The molecule has 3 N–H and O–H groups in total. The largest absolute Gasteiger partial charge is 0.495 e. The smallest absolute Gasteiger partial charge is 0.408 e. The van der Waals surface area contributed by atoms with Gasteiger partial charge in [0, 0.05) is 30.0 Å². The fraction of sp³-hybridized carbons (Fsp3) is 0.634. The number of hydrogen-bond donors (Lipinski definition) is 3. The van der Waals surface area contributed by atoms with Gasteiger partial charge in [0.2, 0.25) is 21.8 Å². The number of nitrogens with zero attached hydrogens (tertiary/aromatic N) is 3. The molecule has 0 radical (unpaired) electrons.